The number of alkyl halides is 1. The molecule has 0 aliphatic carbocycles. The van der Waals surface area contributed by atoms with Gasteiger partial charge in [-0.05, 0) is 32.0 Å². The Kier molecular flexibility index (Phi) is 6.40. The van der Waals surface area contributed by atoms with Gasteiger partial charge < -0.3 is 15.8 Å². The average Bonchev–Trinajstić information content (AvgIpc) is 3.08. The number of aliphatic imine (C=N–C) groups is 1. The minimum atomic E-state index is -1.94. The van der Waals surface area contributed by atoms with Crippen LogP contribution in [0.3, 0.4) is 0 Å². The zero-order valence-corrected chi connectivity index (χ0v) is 16.2. The molecule has 0 aliphatic heterocycles. The van der Waals surface area contributed by atoms with Gasteiger partial charge in [-0.2, -0.15) is 4.99 Å². The van der Waals surface area contributed by atoms with Crippen molar-refractivity contribution in [2.75, 3.05) is 0 Å². The third-order valence-electron chi connectivity index (χ3n) is 3.71. The number of imidazole rings is 1. The summed E-state index contributed by atoms with van der Waals surface area (Å²) in [6.45, 7) is 7.28. The minimum Gasteiger partial charge on any atom is -0.463 e. The third-order valence-corrected chi connectivity index (χ3v) is 3.71. The van der Waals surface area contributed by atoms with Gasteiger partial charge in [0.15, 0.2) is 11.7 Å². The number of rotatable bonds is 3. The van der Waals surface area contributed by atoms with Crippen molar-refractivity contribution in [3.05, 3.63) is 53.4 Å². The fourth-order valence-corrected chi connectivity index (χ4v) is 2.45. The van der Waals surface area contributed by atoms with Crippen molar-refractivity contribution in [2.24, 2.45) is 10.7 Å². The smallest absolute Gasteiger partial charge is 0.433 e. The van der Waals surface area contributed by atoms with Gasteiger partial charge in [-0.1, -0.05) is 26.3 Å². The molecule has 0 bridgehead atoms. The lowest BCUT2D eigenvalue weighted by Gasteiger charge is -2.16. The van der Waals surface area contributed by atoms with Crippen molar-refractivity contribution < 1.29 is 14.3 Å². The summed E-state index contributed by atoms with van der Waals surface area (Å²) in [5.41, 5.74) is 5.47. The van der Waals surface area contributed by atoms with E-state index in [0.29, 0.717) is 16.7 Å². The summed E-state index contributed by atoms with van der Waals surface area (Å²) in [6.07, 6.45) is 1.33. The molecular weight excluding hydrogens is 363 g/mol. The molecule has 0 aromatic carbocycles. The van der Waals surface area contributed by atoms with Crippen LogP contribution in [0.1, 0.15) is 50.1 Å². The number of H-pyrrole nitrogens is 1. The van der Waals surface area contributed by atoms with Gasteiger partial charge in [-0.3, -0.25) is 4.98 Å². The molecule has 8 nitrogen and oxygen atoms in total. The molecule has 4 N–H and O–H groups in total. The predicted molar refractivity (Wildman–Crippen MR) is 105 cm³/mol. The number of nitrogens with two attached hydrogens (primary N) is 1. The highest BCUT2D eigenvalue weighted by atomic mass is 19.1. The normalized spacial score (nSPS) is 13.5. The molecule has 1 atom stereocenters. The van der Waals surface area contributed by atoms with Gasteiger partial charge in [-0.25, -0.2) is 19.2 Å². The zero-order valence-electron chi connectivity index (χ0n) is 16.2. The largest absolute Gasteiger partial charge is 0.463 e. The van der Waals surface area contributed by atoms with Crippen molar-refractivity contribution in [2.45, 2.75) is 39.8 Å². The Hall–Kier alpha value is -3.36. The standard InChI is InChI=1S/C16H15FN6O2.C3H8/c1-8-12-9(7-10(20-8)13(18)23-15(24)25)21-14(22-12)16(2,17)11-5-3-4-6-19-11;1-3-2/h3-7H,1-2H3,(H2,18,23)(H,21,22)(H,24,25);3H2,1-2H3. The highest BCUT2D eigenvalue weighted by Gasteiger charge is 2.33. The Morgan fingerprint density at radius 3 is 2.61 bits per heavy atom. The van der Waals surface area contributed by atoms with Gasteiger partial charge in [0.1, 0.15) is 11.2 Å². The van der Waals surface area contributed by atoms with E-state index in [1.165, 1.54) is 25.6 Å². The van der Waals surface area contributed by atoms with Gasteiger partial charge in [0, 0.05) is 6.20 Å². The highest BCUT2D eigenvalue weighted by molar-refractivity contribution is 6.02. The van der Waals surface area contributed by atoms with Crippen molar-refractivity contribution in [3.8, 4) is 0 Å². The molecular formula is C19H23FN6O2. The number of pyridine rings is 2. The molecule has 3 heterocycles. The summed E-state index contributed by atoms with van der Waals surface area (Å²) in [5.74, 6) is -0.182. The van der Waals surface area contributed by atoms with Crippen LogP contribution in [-0.2, 0) is 5.67 Å². The number of nitrogens with one attached hydrogen (secondary N) is 1. The van der Waals surface area contributed by atoms with E-state index in [1.807, 2.05) is 0 Å². The van der Waals surface area contributed by atoms with E-state index >= 15 is 4.39 Å². The van der Waals surface area contributed by atoms with Crippen LogP contribution in [0.15, 0.2) is 35.5 Å². The number of aromatic amines is 1. The summed E-state index contributed by atoms with van der Waals surface area (Å²) in [4.78, 5) is 29.3. The highest BCUT2D eigenvalue weighted by Crippen LogP contribution is 2.31. The topological polar surface area (TPSA) is 130 Å². The number of nitrogens with zero attached hydrogens (tertiary/aromatic N) is 4. The summed E-state index contributed by atoms with van der Waals surface area (Å²) in [5, 5.41) is 8.69. The first-order valence-corrected chi connectivity index (χ1v) is 8.76. The fourth-order valence-electron chi connectivity index (χ4n) is 2.45. The first kappa shape index (κ1) is 20.9. The number of carbonyl (C=O) groups is 1. The zero-order chi connectivity index (χ0) is 20.9. The summed E-state index contributed by atoms with van der Waals surface area (Å²) >= 11 is 0. The number of aryl methyl sites for hydroxylation is 1. The van der Waals surface area contributed by atoms with Gasteiger partial charge in [0.2, 0.25) is 5.67 Å². The second-order valence-electron chi connectivity index (χ2n) is 6.28. The Morgan fingerprint density at radius 1 is 1.36 bits per heavy atom. The molecule has 0 aliphatic rings. The molecule has 9 heteroatoms. The van der Waals surface area contributed by atoms with Crippen LogP contribution in [0.25, 0.3) is 11.0 Å². The lowest BCUT2D eigenvalue weighted by atomic mass is 10.0. The van der Waals surface area contributed by atoms with Crippen LogP contribution in [0.5, 0.6) is 0 Å². The first-order chi connectivity index (χ1) is 13.2. The predicted octanol–water partition coefficient (Wildman–Crippen LogP) is 3.69. The molecule has 0 spiro atoms. The molecule has 0 fully saturated rings. The number of amides is 1. The van der Waals surface area contributed by atoms with E-state index in [-0.39, 0.29) is 23.0 Å². The van der Waals surface area contributed by atoms with E-state index in [1.54, 1.807) is 25.1 Å². The Bertz CT molecular complexity index is 998. The maximum absolute atomic E-state index is 15.3. The van der Waals surface area contributed by atoms with E-state index in [9.17, 15) is 4.79 Å². The van der Waals surface area contributed by atoms with Crippen LogP contribution in [0.2, 0.25) is 0 Å². The summed E-state index contributed by atoms with van der Waals surface area (Å²) in [7, 11) is 0. The maximum atomic E-state index is 15.3. The second-order valence-corrected chi connectivity index (χ2v) is 6.28. The minimum absolute atomic E-state index is 0.0667. The number of hydrogen-bond donors (Lipinski definition) is 3. The lowest BCUT2D eigenvalue weighted by molar-refractivity contribution is 0.205. The van der Waals surface area contributed by atoms with Crippen molar-refractivity contribution in [1.29, 1.82) is 0 Å². The van der Waals surface area contributed by atoms with Gasteiger partial charge >= 0.3 is 6.09 Å². The third kappa shape index (κ3) is 4.48. The molecule has 0 saturated heterocycles. The number of amidine groups is 1. The molecule has 28 heavy (non-hydrogen) atoms. The second kappa shape index (κ2) is 8.55. The van der Waals surface area contributed by atoms with Crippen LogP contribution >= 0.6 is 0 Å². The van der Waals surface area contributed by atoms with Gasteiger partial charge in [-0.15, -0.1) is 0 Å². The molecule has 0 saturated carbocycles. The Balaban J connectivity index is 0.000000878. The van der Waals surface area contributed by atoms with Gasteiger partial charge in [0.25, 0.3) is 0 Å². The number of carboxylic acid groups (broad SMARTS) is 1. The quantitative estimate of drug-likeness (QED) is 0.465. The molecule has 3 aromatic rings. The molecule has 148 valence electrons. The van der Waals surface area contributed by atoms with Crippen LogP contribution < -0.4 is 5.73 Å². The fraction of sp³-hybridized carbons (Fsp3) is 0.316. The number of fused-ring (bicyclic) bond motifs is 1. The van der Waals surface area contributed by atoms with E-state index < -0.39 is 11.8 Å². The lowest BCUT2D eigenvalue weighted by Crippen LogP contribution is -2.20. The Morgan fingerprint density at radius 2 is 2.04 bits per heavy atom. The SMILES string of the molecule is CCC.Cc1nc(/C(N)=N/C(=O)O)cc2[nH]c(C(C)(F)c3ccccn3)nc12. The molecule has 1 unspecified atom stereocenters. The van der Waals surface area contributed by atoms with Crippen LogP contribution in [0.4, 0.5) is 9.18 Å². The van der Waals surface area contributed by atoms with Crippen LogP contribution in [-0.4, -0.2) is 37.0 Å². The number of aromatic nitrogens is 4. The average molecular weight is 386 g/mol. The molecule has 3 rings (SSSR count). The first-order valence-electron chi connectivity index (χ1n) is 8.76. The van der Waals surface area contributed by atoms with Crippen molar-refractivity contribution in [1.82, 2.24) is 19.9 Å². The van der Waals surface area contributed by atoms with Crippen molar-refractivity contribution in [3.63, 3.8) is 0 Å². The molecule has 3 aromatic heterocycles. The van der Waals surface area contributed by atoms with Gasteiger partial charge in [0.05, 0.1) is 16.9 Å². The van der Waals surface area contributed by atoms with Crippen LogP contribution in [0, 0.1) is 6.92 Å². The summed E-state index contributed by atoms with van der Waals surface area (Å²) < 4.78 is 15.3. The van der Waals surface area contributed by atoms with E-state index in [4.69, 9.17) is 10.8 Å². The van der Waals surface area contributed by atoms with E-state index in [0.717, 1.165) is 0 Å². The molecule has 1 amide bonds. The number of halogens is 1. The van der Waals surface area contributed by atoms with E-state index in [2.05, 4.69) is 38.8 Å². The summed E-state index contributed by atoms with van der Waals surface area (Å²) in [6, 6.07) is 6.44. The monoisotopic (exact) mass is 386 g/mol. The van der Waals surface area contributed by atoms with Crippen molar-refractivity contribution >= 4 is 23.0 Å². The number of hydrogen-bond acceptors (Lipinski definition) is 4. The maximum Gasteiger partial charge on any atom is 0.433 e. The molecule has 0 radical (unpaired) electrons. The Labute approximate surface area is 161 Å².